The number of hydrogen-bond acceptors (Lipinski definition) is 3. The van der Waals surface area contributed by atoms with E-state index in [9.17, 15) is 0 Å². The van der Waals surface area contributed by atoms with Crippen LogP contribution in [0.3, 0.4) is 0 Å². The Labute approximate surface area is 145 Å². The molecule has 0 atom stereocenters. The summed E-state index contributed by atoms with van der Waals surface area (Å²) in [4.78, 5) is 11.0. The smallest absolute Gasteiger partial charge is 0.213 e. The van der Waals surface area contributed by atoms with E-state index in [-0.39, 0.29) is 0 Å². The van der Waals surface area contributed by atoms with Gasteiger partial charge in [-0.2, -0.15) is 0 Å². The Morgan fingerprint density at radius 1 is 1.17 bits per heavy atom. The van der Waals surface area contributed by atoms with Crippen molar-refractivity contribution in [3.05, 3.63) is 53.2 Å². The third kappa shape index (κ3) is 5.37. The second-order valence-corrected chi connectivity index (χ2v) is 5.95. The molecule has 0 aliphatic heterocycles. The lowest BCUT2D eigenvalue weighted by molar-refractivity contribution is 0.299. The molecule has 0 saturated heterocycles. The van der Waals surface area contributed by atoms with Crippen LogP contribution in [0.1, 0.15) is 30.2 Å². The molecule has 0 radical (unpaired) electrons. The summed E-state index contributed by atoms with van der Waals surface area (Å²) in [7, 11) is 2.00. The van der Waals surface area contributed by atoms with Crippen LogP contribution in [-0.4, -0.2) is 36.4 Å². The fraction of sp³-hybridized carbons (Fsp3) is 0.400. The number of hydrogen-bond donors (Lipinski definition) is 0. The standard InChI is InChI=1S/C20H27N3O/c1-5-23(4)15-21-19-12-13-20(22-17(19)3)24-14-8-11-18-10-7-6-9-16(18)2/h6-7,9-10,12-13,15H,5,8,11,14H2,1-4H3. The summed E-state index contributed by atoms with van der Waals surface area (Å²) in [6, 6.07) is 12.3. The molecule has 4 heteroatoms. The molecule has 0 unspecified atom stereocenters. The molecule has 0 aliphatic rings. The Balaban J connectivity index is 1.84. The molecule has 2 aromatic rings. The van der Waals surface area contributed by atoms with Gasteiger partial charge in [0.05, 0.1) is 24.3 Å². The van der Waals surface area contributed by atoms with Gasteiger partial charge < -0.3 is 9.64 Å². The molecule has 128 valence electrons. The summed E-state index contributed by atoms with van der Waals surface area (Å²) in [6.45, 7) is 7.79. The quantitative estimate of drug-likeness (QED) is 0.412. The lowest BCUT2D eigenvalue weighted by atomic mass is 10.0. The van der Waals surface area contributed by atoms with Crippen LogP contribution >= 0.6 is 0 Å². The van der Waals surface area contributed by atoms with Crippen LogP contribution in [0.2, 0.25) is 0 Å². The molecule has 4 nitrogen and oxygen atoms in total. The van der Waals surface area contributed by atoms with Crippen LogP contribution in [0.15, 0.2) is 41.4 Å². The number of rotatable bonds is 8. The molecule has 0 fully saturated rings. The fourth-order valence-corrected chi connectivity index (χ4v) is 2.32. The third-order valence-electron chi connectivity index (χ3n) is 4.03. The van der Waals surface area contributed by atoms with Gasteiger partial charge in [0.15, 0.2) is 0 Å². The monoisotopic (exact) mass is 325 g/mol. The number of aliphatic imine (C=N–C) groups is 1. The summed E-state index contributed by atoms with van der Waals surface area (Å²) in [6.07, 6.45) is 3.83. The predicted molar refractivity (Wildman–Crippen MR) is 100 cm³/mol. The van der Waals surface area contributed by atoms with Gasteiger partial charge in [-0.3, -0.25) is 0 Å². The summed E-state index contributed by atoms with van der Waals surface area (Å²) in [5.74, 6) is 0.667. The zero-order valence-electron chi connectivity index (χ0n) is 15.1. The van der Waals surface area contributed by atoms with E-state index in [0.29, 0.717) is 12.5 Å². The molecule has 0 bridgehead atoms. The first-order chi connectivity index (χ1) is 11.6. The Kier molecular flexibility index (Phi) is 6.79. The minimum atomic E-state index is 0.667. The first kappa shape index (κ1) is 18.0. The molecular formula is C20H27N3O. The van der Waals surface area contributed by atoms with Crippen molar-refractivity contribution in [2.45, 2.75) is 33.6 Å². The van der Waals surface area contributed by atoms with Crippen molar-refractivity contribution in [1.82, 2.24) is 9.88 Å². The van der Waals surface area contributed by atoms with Gasteiger partial charge in [-0.1, -0.05) is 24.3 Å². The van der Waals surface area contributed by atoms with Crippen molar-refractivity contribution in [3.8, 4) is 5.88 Å². The van der Waals surface area contributed by atoms with Crippen molar-refractivity contribution < 1.29 is 4.74 Å². The van der Waals surface area contributed by atoms with E-state index in [2.05, 4.69) is 48.1 Å². The Morgan fingerprint density at radius 2 is 1.96 bits per heavy atom. The fourth-order valence-electron chi connectivity index (χ4n) is 2.32. The summed E-state index contributed by atoms with van der Waals surface area (Å²) < 4.78 is 5.78. The number of benzene rings is 1. The third-order valence-corrected chi connectivity index (χ3v) is 4.03. The molecule has 1 aromatic heterocycles. The van der Waals surface area contributed by atoms with Gasteiger partial charge >= 0.3 is 0 Å². The largest absolute Gasteiger partial charge is 0.478 e. The first-order valence-electron chi connectivity index (χ1n) is 8.49. The van der Waals surface area contributed by atoms with Crippen LogP contribution in [-0.2, 0) is 6.42 Å². The van der Waals surface area contributed by atoms with Gasteiger partial charge in [-0.05, 0) is 50.8 Å². The average molecular weight is 325 g/mol. The van der Waals surface area contributed by atoms with E-state index >= 15 is 0 Å². The van der Waals surface area contributed by atoms with Gasteiger partial charge in [0, 0.05) is 19.7 Å². The lowest BCUT2D eigenvalue weighted by Crippen LogP contribution is -2.14. The maximum Gasteiger partial charge on any atom is 0.213 e. The zero-order valence-corrected chi connectivity index (χ0v) is 15.1. The normalized spacial score (nSPS) is 11.0. The summed E-state index contributed by atoms with van der Waals surface area (Å²) >= 11 is 0. The molecule has 0 amide bonds. The Morgan fingerprint density at radius 3 is 2.67 bits per heavy atom. The van der Waals surface area contributed by atoms with Gasteiger partial charge in [0.1, 0.15) is 0 Å². The van der Waals surface area contributed by atoms with Gasteiger partial charge in [0.25, 0.3) is 0 Å². The van der Waals surface area contributed by atoms with Gasteiger partial charge in [-0.15, -0.1) is 0 Å². The van der Waals surface area contributed by atoms with E-state index in [1.54, 1.807) is 0 Å². The SMILES string of the molecule is CCN(C)C=Nc1ccc(OCCCc2ccccc2C)nc1C. The zero-order chi connectivity index (χ0) is 17.4. The van der Waals surface area contributed by atoms with Crippen LogP contribution in [0, 0.1) is 13.8 Å². The van der Waals surface area contributed by atoms with Crippen molar-refractivity contribution in [2.75, 3.05) is 20.2 Å². The van der Waals surface area contributed by atoms with Crippen LogP contribution in [0.25, 0.3) is 0 Å². The number of ether oxygens (including phenoxy) is 1. The van der Waals surface area contributed by atoms with Crippen molar-refractivity contribution in [2.24, 2.45) is 4.99 Å². The topological polar surface area (TPSA) is 37.7 Å². The number of pyridine rings is 1. The lowest BCUT2D eigenvalue weighted by Gasteiger charge is -2.10. The molecule has 0 N–H and O–H groups in total. The Bertz CT molecular complexity index is 682. The highest BCUT2D eigenvalue weighted by molar-refractivity contribution is 5.62. The molecule has 0 saturated carbocycles. The van der Waals surface area contributed by atoms with Crippen LogP contribution in [0.4, 0.5) is 5.69 Å². The number of aromatic nitrogens is 1. The highest BCUT2D eigenvalue weighted by Crippen LogP contribution is 2.20. The van der Waals surface area contributed by atoms with Crippen LogP contribution < -0.4 is 4.74 Å². The number of aryl methyl sites for hydroxylation is 3. The van der Waals surface area contributed by atoms with Crippen molar-refractivity contribution in [3.63, 3.8) is 0 Å². The van der Waals surface area contributed by atoms with Crippen LogP contribution in [0.5, 0.6) is 5.88 Å². The average Bonchev–Trinajstić information content (AvgIpc) is 2.59. The minimum absolute atomic E-state index is 0.667. The minimum Gasteiger partial charge on any atom is -0.478 e. The maximum atomic E-state index is 5.78. The molecule has 0 spiro atoms. The molecule has 2 rings (SSSR count). The van der Waals surface area contributed by atoms with Gasteiger partial charge in [0.2, 0.25) is 5.88 Å². The molecule has 1 aromatic carbocycles. The summed E-state index contributed by atoms with van der Waals surface area (Å²) in [5.41, 5.74) is 4.48. The van der Waals surface area contributed by atoms with E-state index in [1.807, 2.05) is 37.3 Å². The molecular weight excluding hydrogens is 298 g/mol. The second-order valence-electron chi connectivity index (χ2n) is 5.95. The van der Waals surface area contributed by atoms with Gasteiger partial charge in [-0.25, -0.2) is 9.98 Å². The summed E-state index contributed by atoms with van der Waals surface area (Å²) in [5, 5.41) is 0. The molecule has 24 heavy (non-hydrogen) atoms. The second kappa shape index (κ2) is 9.06. The van der Waals surface area contributed by atoms with E-state index in [1.165, 1.54) is 11.1 Å². The molecule has 1 heterocycles. The number of nitrogens with zero attached hydrogens (tertiary/aromatic N) is 3. The Hall–Kier alpha value is -2.36. The molecule has 0 aliphatic carbocycles. The maximum absolute atomic E-state index is 5.78. The highest BCUT2D eigenvalue weighted by atomic mass is 16.5. The first-order valence-corrected chi connectivity index (χ1v) is 8.49. The van der Waals surface area contributed by atoms with E-state index in [0.717, 1.165) is 30.8 Å². The van der Waals surface area contributed by atoms with E-state index in [4.69, 9.17) is 4.74 Å². The van der Waals surface area contributed by atoms with Crippen molar-refractivity contribution in [1.29, 1.82) is 0 Å². The predicted octanol–water partition coefficient (Wildman–Crippen LogP) is 4.32. The van der Waals surface area contributed by atoms with E-state index < -0.39 is 0 Å². The highest BCUT2D eigenvalue weighted by Gasteiger charge is 2.02. The van der Waals surface area contributed by atoms with Crippen molar-refractivity contribution >= 4 is 12.0 Å².